The van der Waals surface area contributed by atoms with Gasteiger partial charge in [0.05, 0.1) is 14.2 Å². The van der Waals surface area contributed by atoms with Gasteiger partial charge in [-0.05, 0) is 37.6 Å². The van der Waals surface area contributed by atoms with E-state index in [4.69, 9.17) is 9.47 Å². The van der Waals surface area contributed by atoms with Crippen LogP contribution in [0, 0.1) is 19.7 Å². The van der Waals surface area contributed by atoms with Crippen LogP contribution in [0.25, 0.3) is 5.69 Å². The molecule has 0 spiro atoms. The molecule has 8 heteroatoms. The zero-order valence-electron chi connectivity index (χ0n) is 16.4. The summed E-state index contributed by atoms with van der Waals surface area (Å²) in [6, 6.07) is 10.5. The van der Waals surface area contributed by atoms with Crippen molar-refractivity contribution in [2.24, 2.45) is 0 Å². The van der Waals surface area contributed by atoms with Gasteiger partial charge in [-0.25, -0.2) is 9.07 Å². The smallest absolute Gasteiger partial charge is 0.280 e. The summed E-state index contributed by atoms with van der Waals surface area (Å²) in [5, 5.41) is 6.76. The fraction of sp³-hybridized carbons (Fsp3) is 0.190. The van der Waals surface area contributed by atoms with E-state index < -0.39 is 17.2 Å². The van der Waals surface area contributed by atoms with E-state index in [0.717, 1.165) is 0 Å². The minimum absolute atomic E-state index is 0.140. The molecule has 0 radical (unpaired) electrons. The number of hydrogen-bond acceptors (Lipinski definition) is 5. The molecule has 0 atom stereocenters. The molecule has 150 valence electrons. The molecule has 1 N–H and O–H groups in total. The van der Waals surface area contributed by atoms with Crippen LogP contribution in [0.5, 0.6) is 11.5 Å². The highest BCUT2D eigenvalue weighted by Gasteiger charge is 2.18. The molecule has 1 aromatic heterocycles. The summed E-state index contributed by atoms with van der Waals surface area (Å²) in [5.74, 6) is -0.295. The topological polar surface area (TPSA) is 82.5 Å². The zero-order valence-corrected chi connectivity index (χ0v) is 16.4. The lowest BCUT2D eigenvalue weighted by Crippen LogP contribution is -2.27. The lowest BCUT2D eigenvalue weighted by Gasteiger charge is -2.14. The Kier molecular flexibility index (Phi) is 5.63. The molecule has 7 nitrogen and oxygen atoms in total. The fourth-order valence-electron chi connectivity index (χ4n) is 2.87. The molecule has 0 aliphatic rings. The normalized spacial score (nSPS) is 10.5. The van der Waals surface area contributed by atoms with Gasteiger partial charge < -0.3 is 14.8 Å². The Labute approximate surface area is 166 Å². The monoisotopic (exact) mass is 397 g/mol. The number of carbonyl (C=O) groups excluding carboxylic acids is 1. The van der Waals surface area contributed by atoms with E-state index in [2.05, 4.69) is 10.4 Å². The number of rotatable bonds is 5. The molecule has 0 aliphatic carbocycles. The van der Waals surface area contributed by atoms with Crippen molar-refractivity contribution >= 4 is 11.6 Å². The van der Waals surface area contributed by atoms with Crippen LogP contribution >= 0.6 is 0 Å². The molecule has 0 unspecified atom stereocenters. The maximum Gasteiger partial charge on any atom is 0.280 e. The molecule has 3 aromatic rings. The van der Waals surface area contributed by atoms with Gasteiger partial charge in [0.1, 0.15) is 11.5 Å². The number of aryl methyl sites for hydroxylation is 2. The number of methoxy groups -OCH3 is 2. The Balaban J connectivity index is 2.02. The molecule has 0 bridgehead atoms. The highest BCUT2D eigenvalue weighted by atomic mass is 19.1. The van der Waals surface area contributed by atoms with Crippen molar-refractivity contribution in [2.75, 3.05) is 19.5 Å². The highest BCUT2D eigenvalue weighted by Crippen LogP contribution is 2.33. The van der Waals surface area contributed by atoms with Gasteiger partial charge in [0.25, 0.3) is 5.91 Å². The third-order valence-corrected chi connectivity index (χ3v) is 4.38. The molecule has 1 amide bonds. The minimum atomic E-state index is -0.713. The van der Waals surface area contributed by atoms with E-state index in [0.29, 0.717) is 28.4 Å². The van der Waals surface area contributed by atoms with Gasteiger partial charge in [0, 0.05) is 23.5 Å². The number of anilines is 1. The van der Waals surface area contributed by atoms with Crippen molar-refractivity contribution in [3.63, 3.8) is 0 Å². The van der Waals surface area contributed by atoms with Crippen LogP contribution in [0.15, 0.2) is 47.3 Å². The van der Waals surface area contributed by atoms with Gasteiger partial charge in [0.15, 0.2) is 17.2 Å². The summed E-state index contributed by atoms with van der Waals surface area (Å²) < 4.78 is 25.9. The summed E-state index contributed by atoms with van der Waals surface area (Å²) in [6.07, 6.45) is 0. The average Bonchev–Trinajstić information content (AvgIpc) is 2.70. The Morgan fingerprint density at radius 3 is 2.38 bits per heavy atom. The average molecular weight is 397 g/mol. The number of nitrogens with one attached hydrogen (secondary N) is 1. The first kappa shape index (κ1) is 20.1. The Hall–Kier alpha value is -3.68. The van der Waals surface area contributed by atoms with E-state index >= 15 is 0 Å². The first-order valence-corrected chi connectivity index (χ1v) is 8.75. The molecule has 2 aromatic carbocycles. The van der Waals surface area contributed by atoms with Gasteiger partial charge in [-0.1, -0.05) is 12.1 Å². The molecule has 0 saturated carbocycles. The second-order valence-corrected chi connectivity index (χ2v) is 6.34. The number of carbonyl (C=O) groups is 1. The molecule has 29 heavy (non-hydrogen) atoms. The van der Waals surface area contributed by atoms with E-state index in [1.807, 2.05) is 0 Å². The molecule has 1 heterocycles. The summed E-state index contributed by atoms with van der Waals surface area (Å²) in [7, 11) is 2.99. The lowest BCUT2D eigenvalue weighted by molar-refractivity contribution is 0.101. The van der Waals surface area contributed by atoms with E-state index in [9.17, 15) is 14.0 Å². The Morgan fingerprint density at radius 1 is 1.07 bits per heavy atom. The van der Waals surface area contributed by atoms with Crippen molar-refractivity contribution in [2.45, 2.75) is 13.8 Å². The van der Waals surface area contributed by atoms with E-state index in [1.165, 1.54) is 37.1 Å². The SMILES string of the molecule is COc1cc(C)c(NC(=O)c2nn(-c3ccccc3F)c(C)cc2=O)cc1OC. The number of halogens is 1. The standard InChI is InChI=1S/C21H20FN3O4/c1-12-9-18(28-3)19(29-4)11-15(12)23-21(27)20-17(26)10-13(2)25(24-20)16-8-6-5-7-14(16)22/h5-11H,1-4H3,(H,23,27). The number of nitrogens with zero attached hydrogens (tertiary/aromatic N) is 2. The molecule has 0 fully saturated rings. The van der Waals surface area contributed by atoms with Crippen molar-refractivity contribution in [1.82, 2.24) is 9.78 Å². The van der Waals surface area contributed by atoms with E-state index in [1.54, 1.807) is 38.1 Å². The van der Waals surface area contributed by atoms with Crippen LogP contribution in [0.1, 0.15) is 21.7 Å². The minimum Gasteiger partial charge on any atom is -0.493 e. The van der Waals surface area contributed by atoms with Crippen molar-refractivity contribution in [3.05, 3.63) is 75.5 Å². The number of hydrogen-bond donors (Lipinski definition) is 1. The summed E-state index contributed by atoms with van der Waals surface area (Å²) in [5.41, 5.74) is 0.767. The predicted octanol–water partition coefficient (Wildman–Crippen LogP) is 3.26. The zero-order chi connectivity index (χ0) is 21.1. The third-order valence-electron chi connectivity index (χ3n) is 4.38. The van der Waals surface area contributed by atoms with Crippen molar-refractivity contribution in [1.29, 1.82) is 0 Å². The fourth-order valence-corrected chi connectivity index (χ4v) is 2.87. The molecule has 0 aliphatic heterocycles. The maximum atomic E-state index is 14.2. The van der Waals surface area contributed by atoms with Crippen molar-refractivity contribution < 1.29 is 18.7 Å². The van der Waals surface area contributed by atoms with Gasteiger partial charge in [-0.15, -0.1) is 0 Å². The number of amides is 1. The van der Waals surface area contributed by atoms with Gasteiger partial charge in [0.2, 0.25) is 5.43 Å². The van der Waals surface area contributed by atoms with Crippen LogP contribution < -0.4 is 20.2 Å². The Bertz CT molecular complexity index is 1140. The van der Waals surface area contributed by atoms with Crippen LogP contribution in [-0.2, 0) is 0 Å². The lowest BCUT2D eigenvalue weighted by atomic mass is 10.1. The number of ether oxygens (including phenoxy) is 2. The largest absolute Gasteiger partial charge is 0.493 e. The second kappa shape index (κ2) is 8.14. The third kappa shape index (κ3) is 3.96. The van der Waals surface area contributed by atoms with E-state index in [-0.39, 0.29) is 11.4 Å². The van der Waals surface area contributed by atoms with Crippen LogP contribution in [0.2, 0.25) is 0 Å². The molecular weight excluding hydrogens is 377 g/mol. The van der Waals surface area contributed by atoms with Crippen LogP contribution in [0.4, 0.5) is 10.1 Å². The molecule has 0 saturated heterocycles. The van der Waals surface area contributed by atoms with Crippen LogP contribution in [-0.4, -0.2) is 29.9 Å². The number of para-hydroxylation sites is 1. The van der Waals surface area contributed by atoms with Gasteiger partial charge in [-0.3, -0.25) is 9.59 Å². The number of aromatic nitrogens is 2. The molecule has 3 rings (SSSR count). The van der Waals surface area contributed by atoms with Gasteiger partial charge in [-0.2, -0.15) is 5.10 Å². The van der Waals surface area contributed by atoms with Crippen LogP contribution in [0.3, 0.4) is 0 Å². The highest BCUT2D eigenvalue weighted by molar-refractivity contribution is 6.03. The Morgan fingerprint density at radius 2 is 1.72 bits per heavy atom. The number of benzene rings is 2. The first-order chi connectivity index (χ1) is 13.8. The maximum absolute atomic E-state index is 14.2. The summed E-state index contributed by atoms with van der Waals surface area (Å²) in [6.45, 7) is 3.39. The quantitative estimate of drug-likeness (QED) is 0.715. The predicted molar refractivity (Wildman–Crippen MR) is 107 cm³/mol. The van der Waals surface area contributed by atoms with Gasteiger partial charge >= 0.3 is 0 Å². The molecular formula is C21H20FN3O4. The van der Waals surface area contributed by atoms with Crippen molar-refractivity contribution in [3.8, 4) is 17.2 Å². The summed E-state index contributed by atoms with van der Waals surface area (Å²) >= 11 is 0. The first-order valence-electron chi connectivity index (χ1n) is 8.75. The second-order valence-electron chi connectivity index (χ2n) is 6.34. The summed E-state index contributed by atoms with van der Waals surface area (Å²) in [4.78, 5) is 25.1.